The summed E-state index contributed by atoms with van der Waals surface area (Å²) in [6.07, 6.45) is 1.85. The standard InChI is InChI=1S/C11H20ClN3S/c1-4-15(8-11(2,3)7-13)6-9-5-14-10(12)16-9/h5H,4,6-8,13H2,1-3H3. The van der Waals surface area contributed by atoms with Crippen LogP contribution < -0.4 is 5.73 Å². The lowest BCUT2D eigenvalue weighted by molar-refractivity contribution is 0.184. The highest BCUT2D eigenvalue weighted by molar-refractivity contribution is 7.15. The summed E-state index contributed by atoms with van der Waals surface area (Å²) in [5, 5.41) is 0. The van der Waals surface area contributed by atoms with E-state index in [0.29, 0.717) is 11.0 Å². The van der Waals surface area contributed by atoms with E-state index < -0.39 is 0 Å². The van der Waals surface area contributed by atoms with Gasteiger partial charge >= 0.3 is 0 Å². The quantitative estimate of drug-likeness (QED) is 0.856. The van der Waals surface area contributed by atoms with E-state index in [4.69, 9.17) is 17.3 Å². The molecular weight excluding hydrogens is 242 g/mol. The van der Waals surface area contributed by atoms with Crippen LogP contribution in [0.25, 0.3) is 0 Å². The summed E-state index contributed by atoms with van der Waals surface area (Å²) < 4.78 is 0.615. The Morgan fingerprint density at radius 2 is 2.25 bits per heavy atom. The minimum Gasteiger partial charge on any atom is -0.330 e. The molecule has 2 N–H and O–H groups in total. The molecule has 5 heteroatoms. The molecule has 0 aliphatic rings. The summed E-state index contributed by atoms with van der Waals surface area (Å²) in [5.41, 5.74) is 5.91. The smallest absolute Gasteiger partial charge is 0.183 e. The lowest BCUT2D eigenvalue weighted by Crippen LogP contribution is -2.38. The van der Waals surface area contributed by atoms with Crippen molar-refractivity contribution in [1.29, 1.82) is 0 Å². The number of halogens is 1. The zero-order valence-electron chi connectivity index (χ0n) is 10.2. The second kappa shape index (κ2) is 5.96. The van der Waals surface area contributed by atoms with Crippen molar-refractivity contribution in [2.45, 2.75) is 27.3 Å². The van der Waals surface area contributed by atoms with Crippen LogP contribution in [0, 0.1) is 5.41 Å². The summed E-state index contributed by atoms with van der Waals surface area (Å²) in [6.45, 7) is 10.2. The van der Waals surface area contributed by atoms with E-state index in [2.05, 4.69) is 30.7 Å². The Balaban J connectivity index is 2.55. The third kappa shape index (κ3) is 4.37. The molecule has 1 rings (SSSR count). The van der Waals surface area contributed by atoms with Crippen molar-refractivity contribution in [3.8, 4) is 0 Å². The third-order valence-corrected chi connectivity index (χ3v) is 3.66. The summed E-state index contributed by atoms with van der Waals surface area (Å²) in [5.74, 6) is 0. The first-order valence-electron chi connectivity index (χ1n) is 5.49. The predicted molar refractivity (Wildman–Crippen MR) is 70.9 cm³/mol. The Kier molecular flexibility index (Phi) is 5.18. The summed E-state index contributed by atoms with van der Waals surface area (Å²) >= 11 is 7.36. The Hall–Kier alpha value is -0.160. The van der Waals surface area contributed by atoms with Gasteiger partial charge in [0.25, 0.3) is 0 Å². The molecule has 0 radical (unpaired) electrons. The number of hydrogen-bond donors (Lipinski definition) is 1. The third-order valence-electron chi connectivity index (χ3n) is 2.56. The number of nitrogens with two attached hydrogens (primary N) is 1. The van der Waals surface area contributed by atoms with E-state index in [0.717, 1.165) is 19.6 Å². The van der Waals surface area contributed by atoms with Crippen LogP contribution in [0.3, 0.4) is 0 Å². The molecule has 0 saturated heterocycles. The topological polar surface area (TPSA) is 42.2 Å². The monoisotopic (exact) mass is 261 g/mol. The van der Waals surface area contributed by atoms with Crippen LogP contribution in [0.4, 0.5) is 0 Å². The normalized spacial score (nSPS) is 12.4. The van der Waals surface area contributed by atoms with Crippen LogP contribution in [0.15, 0.2) is 6.20 Å². The van der Waals surface area contributed by atoms with Crippen molar-refractivity contribution in [2.75, 3.05) is 19.6 Å². The second-order valence-electron chi connectivity index (χ2n) is 4.75. The van der Waals surface area contributed by atoms with Gasteiger partial charge in [-0.15, -0.1) is 11.3 Å². The van der Waals surface area contributed by atoms with Gasteiger partial charge < -0.3 is 5.73 Å². The second-order valence-corrected chi connectivity index (χ2v) is 6.45. The Morgan fingerprint density at radius 1 is 1.56 bits per heavy atom. The SMILES string of the molecule is CCN(Cc1cnc(Cl)s1)CC(C)(C)CN. The summed E-state index contributed by atoms with van der Waals surface area (Å²) in [6, 6.07) is 0. The minimum atomic E-state index is 0.157. The number of aromatic nitrogens is 1. The van der Waals surface area contributed by atoms with E-state index in [1.54, 1.807) is 11.3 Å². The molecule has 92 valence electrons. The van der Waals surface area contributed by atoms with Crippen LogP contribution in [0.2, 0.25) is 4.47 Å². The lowest BCUT2D eigenvalue weighted by atomic mass is 9.93. The van der Waals surface area contributed by atoms with Gasteiger partial charge in [-0.1, -0.05) is 32.4 Å². The first-order valence-corrected chi connectivity index (χ1v) is 6.69. The van der Waals surface area contributed by atoms with E-state index >= 15 is 0 Å². The van der Waals surface area contributed by atoms with Gasteiger partial charge in [-0.2, -0.15) is 0 Å². The maximum atomic E-state index is 5.82. The lowest BCUT2D eigenvalue weighted by Gasteiger charge is -2.30. The molecular formula is C11H20ClN3S. The van der Waals surface area contributed by atoms with Crippen molar-refractivity contribution in [3.63, 3.8) is 0 Å². The van der Waals surface area contributed by atoms with Gasteiger partial charge in [-0.05, 0) is 18.5 Å². The molecule has 0 saturated carbocycles. The highest BCUT2D eigenvalue weighted by Gasteiger charge is 2.19. The van der Waals surface area contributed by atoms with E-state index in [9.17, 15) is 0 Å². The molecule has 1 aromatic rings. The molecule has 0 aromatic carbocycles. The van der Waals surface area contributed by atoms with Crippen molar-refractivity contribution in [3.05, 3.63) is 15.5 Å². The van der Waals surface area contributed by atoms with Crippen LogP contribution >= 0.6 is 22.9 Å². The zero-order chi connectivity index (χ0) is 12.2. The van der Waals surface area contributed by atoms with Crippen molar-refractivity contribution in [2.24, 2.45) is 11.1 Å². The van der Waals surface area contributed by atoms with Gasteiger partial charge in [0.15, 0.2) is 4.47 Å². The average molecular weight is 262 g/mol. The number of thiazole rings is 1. The molecule has 16 heavy (non-hydrogen) atoms. The Bertz CT molecular complexity index is 325. The van der Waals surface area contributed by atoms with Crippen LogP contribution in [-0.2, 0) is 6.54 Å². The molecule has 1 aromatic heterocycles. The molecule has 3 nitrogen and oxygen atoms in total. The van der Waals surface area contributed by atoms with Crippen molar-refractivity contribution in [1.82, 2.24) is 9.88 Å². The Morgan fingerprint density at radius 3 is 2.69 bits per heavy atom. The predicted octanol–water partition coefficient (Wildman–Crippen LogP) is 2.60. The van der Waals surface area contributed by atoms with Crippen LogP contribution in [0.5, 0.6) is 0 Å². The van der Waals surface area contributed by atoms with E-state index in [1.807, 2.05) is 6.20 Å². The fourth-order valence-corrected chi connectivity index (χ4v) is 2.55. The molecule has 0 atom stereocenters. The fraction of sp³-hybridized carbons (Fsp3) is 0.727. The zero-order valence-corrected chi connectivity index (χ0v) is 11.7. The van der Waals surface area contributed by atoms with Gasteiger partial charge in [0.1, 0.15) is 0 Å². The van der Waals surface area contributed by atoms with Gasteiger partial charge in [-0.3, -0.25) is 4.90 Å². The number of rotatable bonds is 6. The first-order chi connectivity index (χ1) is 7.46. The molecule has 0 fully saturated rings. The molecule has 1 heterocycles. The molecule has 0 bridgehead atoms. The number of nitrogens with zero attached hydrogens (tertiary/aromatic N) is 2. The number of hydrogen-bond acceptors (Lipinski definition) is 4. The van der Waals surface area contributed by atoms with Gasteiger partial charge in [0, 0.05) is 24.2 Å². The molecule has 0 spiro atoms. The minimum absolute atomic E-state index is 0.157. The highest BCUT2D eigenvalue weighted by atomic mass is 35.5. The van der Waals surface area contributed by atoms with Crippen molar-refractivity contribution < 1.29 is 0 Å². The van der Waals surface area contributed by atoms with Gasteiger partial charge in [0.2, 0.25) is 0 Å². The highest BCUT2D eigenvalue weighted by Crippen LogP contribution is 2.21. The van der Waals surface area contributed by atoms with Gasteiger partial charge in [0.05, 0.1) is 0 Å². The Labute approximate surface area is 107 Å². The largest absolute Gasteiger partial charge is 0.330 e. The summed E-state index contributed by atoms with van der Waals surface area (Å²) in [7, 11) is 0. The average Bonchev–Trinajstić information content (AvgIpc) is 2.63. The first kappa shape index (κ1) is 13.9. The van der Waals surface area contributed by atoms with Crippen LogP contribution in [-0.4, -0.2) is 29.5 Å². The molecule has 0 unspecified atom stereocenters. The van der Waals surface area contributed by atoms with E-state index in [1.165, 1.54) is 4.88 Å². The maximum absolute atomic E-state index is 5.82. The van der Waals surface area contributed by atoms with Gasteiger partial charge in [-0.25, -0.2) is 4.98 Å². The molecule has 0 aliphatic heterocycles. The molecule has 0 amide bonds. The van der Waals surface area contributed by atoms with Crippen LogP contribution in [0.1, 0.15) is 25.6 Å². The van der Waals surface area contributed by atoms with E-state index in [-0.39, 0.29) is 5.41 Å². The fourth-order valence-electron chi connectivity index (χ4n) is 1.53. The molecule has 0 aliphatic carbocycles. The summed E-state index contributed by atoms with van der Waals surface area (Å²) in [4.78, 5) is 7.63. The van der Waals surface area contributed by atoms with Crippen molar-refractivity contribution >= 4 is 22.9 Å². The maximum Gasteiger partial charge on any atom is 0.183 e.